The Morgan fingerprint density at radius 2 is 2.00 bits per heavy atom. The number of rotatable bonds is 6. The number of carboxylic acids is 1. The van der Waals surface area contributed by atoms with E-state index < -0.39 is 15.8 Å². The van der Waals surface area contributed by atoms with E-state index in [9.17, 15) is 13.2 Å². The number of thioether (sulfide) groups is 1. The molecule has 0 heterocycles. The van der Waals surface area contributed by atoms with E-state index in [0.29, 0.717) is 10.6 Å². The van der Waals surface area contributed by atoms with Crippen LogP contribution < -0.4 is 0 Å². The SMILES string of the molecule is CCS(=O)(=O)c1ccccc1SCCC(=O)O. The fourth-order valence-corrected chi connectivity index (χ4v) is 3.64. The molecule has 0 saturated heterocycles. The van der Waals surface area contributed by atoms with Crippen molar-refractivity contribution >= 4 is 27.6 Å². The minimum Gasteiger partial charge on any atom is -0.481 e. The van der Waals surface area contributed by atoms with Crippen molar-refractivity contribution in [1.82, 2.24) is 0 Å². The normalized spacial score (nSPS) is 11.4. The largest absolute Gasteiger partial charge is 0.481 e. The van der Waals surface area contributed by atoms with Crippen molar-refractivity contribution in [1.29, 1.82) is 0 Å². The van der Waals surface area contributed by atoms with Crippen LogP contribution in [0.15, 0.2) is 34.1 Å². The molecule has 1 aromatic carbocycles. The molecule has 0 amide bonds. The van der Waals surface area contributed by atoms with E-state index in [1.165, 1.54) is 11.8 Å². The van der Waals surface area contributed by atoms with Gasteiger partial charge in [0.15, 0.2) is 9.84 Å². The number of benzene rings is 1. The van der Waals surface area contributed by atoms with Gasteiger partial charge in [0.1, 0.15) is 0 Å². The zero-order valence-corrected chi connectivity index (χ0v) is 11.1. The Hall–Kier alpha value is -1.01. The third kappa shape index (κ3) is 4.05. The van der Waals surface area contributed by atoms with Crippen LogP contribution in [0, 0.1) is 0 Å². The van der Waals surface area contributed by atoms with Gasteiger partial charge in [0, 0.05) is 10.6 Å². The molecule has 17 heavy (non-hydrogen) atoms. The summed E-state index contributed by atoms with van der Waals surface area (Å²) in [6, 6.07) is 6.68. The molecule has 0 atom stereocenters. The maximum atomic E-state index is 11.8. The van der Waals surface area contributed by atoms with Crippen LogP contribution in [0.5, 0.6) is 0 Å². The third-order valence-corrected chi connectivity index (χ3v) is 5.13. The van der Waals surface area contributed by atoms with Gasteiger partial charge in [-0.25, -0.2) is 8.42 Å². The van der Waals surface area contributed by atoms with Crippen LogP contribution in [-0.4, -0.2) is 31.0 Å². The maximum Gasteiger partial charge on any atom is 0.304 e. The van der Waals surface area contributed by atoms with Gasteiger partial charge in [-0.2, -0.15) is 0 Å². The molecule has 1 rings (SSSR count). The smallest absolute Gasteiger partial charge is 0.304 e. The summed E-state index contributed by atoms with van der Waals surface area (Å²) in [7, 11) is -3.25. The molecule has 0 aliphatic rings. The molecule has 0 saturated carbocycles. The van der Waals surface area contributed by atoms with Gasteiger partial charge in [-0.05, 0) is 12.1 Å². The quantitative estimate of drug-likeness (QED) is 0.804. The van der Waals surface area contributed by atoms with Gasteiger partial charge < -0.3 is 5.11 Å². The number of carbonyl (C=O) groups is 1. The van der Waals surface area contributed by atoms with Crippen LogP contribution in [-0.2, 0) is 14.6 Å². The van der Waals surface area contributed by atoms with E-state index in [1.807, 2.05) is 0 Å². The molecule has 0 aliphatic carbocycles. The van der Waals surface area contributed by atoms with Gasteiger partial charge in [0.25, 0.3) is 0 Å². The Morgan fingerprint density at radius 1 is 1.35 bits per heavy atom. The number of sulfone groups is 1. The Labute approximate surface area is 105 Å². The molecule has 1 aromatic rings. The Bertz CT molecular complexity index is 494. The first-order valence-corrected chi connectivity index (χ1v) is 7.77. The van der Waals surface area contributed by atoms with Crippen LogP contribution >= 0.6 is 11.8 Å². The molecule has 94 valence electrons. The van der Waals surface area contributed by atoms with Crippen LogP contribution in [0.2, 0.25) is 0 Å². The van der Waals surface area contributed by atoms with Gasteiger partial charge in [0.05, 0.1) is 17.1 Å². The molecule has 4 nitrogen and oxygen atoms in total. The van der Waals surface area contributed by atoms with Gasteiger partial charge in [-0.15, -0.1) is 11.8 Å². The molecule has 0 aromatic heterocycles. The Morgan fingerprint density at radius 3 is 2.59 bits per heavy atom. The summed E-state index contributed by atoms with van der Waals surface area (Å²) in [5, 5.41) is 8.54. The second kappa shape index (κ2) is 6.07. The summed E-state index contributed by atoms with van der Waals surface area (Å²) < 4.78 is 23.6. The standard InChI is InChI=1S/C11H14O4S2/c1-2-17(14,15)10-6-4-3-5-9(10)16-8-7-11(12)13/h3-6H,2,7-8H2,1H3,(H,12,13). The van der Waals surface area contributed by atoms with Crippen molar-refractivity contribution in [3.05, 3.63) is 24.3 Å². The topological polar surface area (TPSA) is 71.4 Å². The molecule has 1 N–H and O–H groups in total. The highest BCUT2D eigenvalue weighted by atomic mass is 32.2. The van der Waals surface area contributed by atoms with Gasteiger partial charge in [-0.3, -0.25) is 4.79 Å². The first kappa shape index (κ1) is 14.1. The zero-order valence-electron chi connectivity index (χ0n) is 9.42. The molecular formula is C11H14O4S2. The van der Waals surface area contributed by atoms with Gasteiger partial charge in [0.2, 0.25) is 0 Å². The van der Waals surface area contributed by atoms with E-state index in [-0.39, 0.29) is 17.1 Å². The fourth-order valence-electron chi connectivity index (χ4n) is 1.23. The lowest BCUT2D eigenvalue weighted by Crippen LogP contribution is -2.05. The minimum atomic E-state index is -3.25. The molecule has 0 spiro atoms. The van der Waals surface area contributed by atoms with Crippen LogP contribution in [0.25, 0.3) is 0 Å². The van der Waals surface area contributed by atoms with E-state index in [0.717, 1.165) is 0 Å². The summed E-state index contributed by atoms with van der Waals surface area (Å²) >= 11 is 1.26. The highest BCUT2D eigenvalue weighted by molar-refractivity contribution is 8.00. The average molecular weight is 274 g/mol. The number of hydrogen-bond donors (Lipinski definition) is 1. The highest BCUT2D eigenvalue weighted by Crippen LogP contribution is 2.27. The Balaban J connectivity index is 2.89. The average Bonchev–Trinajstić information content (AvgIpc) is 2.29. The van der Waals surface area contributed by atoms with Gasteiger partial charge in [-0.1, -0.05) is 19.1 Å². The summed E-state index contributed by atoms with van der Waals surface area (Å²) in [6.45, 7) is 1.59. The van der Waals surface area contributed by atoms with Crippen molar-refractivity contribution < 1.29 is 18.3 Å². The van der Waals surface area contributed by atoms with E-state index in [1.54, 1.807) is 31.2 Å². The van der Waals surface area contributed by atoms with Crippen LogP contribution in [0.1, 0.15) is 13.3 Å². The minimum absolute atomic E-state index is 0.0190. The second-order valence-electron chi connectivity index (χ2n) is 3.34. The number of aliphatic carboxylic acids is 1. The number of carboxylic acid groups (broad SMARTS) is 1. The van der Waals surface area contributed by atoms with Crippen LogP contribution in [0.4, 0.5) is 0 Å². The second-order valence-corrected chi connectivity index (χ2v) is 6.73. The van der Waals surface area contributed by atoms with Crippen LogP contribution in [0.3, 0.4) is 0 Å². The number of hydrogen-bond acceptors (Lipinski definition) is 4. The molecular weight excluding hydrogens is 260 g/mol. The predicted octanol–water partition coefficient (Wildman–Crippen LogP) is 2.05. The lowest BCUT2D eigenvalue weighted by Gasteiger charge is -2.07. The highest BCUT2D eigenvalue weighted by Gasteiger charge is 2.16. The van der Waals surface area contributed by atoms with Crippen molar-refractivity contribution in [2.75, 3.05) is 11.5 Å². The maximum absolute atomic E-state index is 11.8. The summed E-state index contributed by atoms with van der Waals surface area (Å²) in [6.07, 6.45) is 0.0190. The van der Waals surface area contributed by atoms with Crippen molar-refractivity contribution in [3.63, 3.8) is 0 Å². The molecule has 0 radical (unpaired) electrons. The summed E-state index contributed by atoms with van der Waals surface area (Å²) in [5.74, 6) is -0.469. The van der Waals surface area contributed by atoms with Crippen molar-refractivity contribution in [3.8, 4) is 0 Å². The third-order valence-electron chi connectivity index (χ3n) is 2.14. The molecule has 0 aliphatic heterocycles. The lowest BCUT2D eigenvalue weighted by molar-refractivity contribution is -0.136. The molecule has 0 fully saturated rings. The first-order valence-electron chi connectivity index (χ1n) is 5.13. The van der Waals surface area contributed by atoms with Gasteiger partial charge >= 0.3 is 5.97 Å². The Kier molecular flexibility index (Phi) is 5.02. The van der Waals surface area contributed by atoms with E-state index in [4.69, 9.17) is 5.11 Å². The fraction of sp³-hybridized carbons (Fsp3) is 0.364. The van der Waals surface area contributed by atoms with Crippen molar-refractivity contribution in [2.45, 2.75) is 23.1 Å². The molecule has 0 unspecified atom stereocenters. The predicted molar refractivity (Wildman–Crippen MR) is 67.1 cm³/mol. The summed E-state index contributed by atoms with van der Waals surface area (Å²) in [5.41, 5.74) is 0. The monoisotopic (exact) mass is 274 g/mol. The van der Waals surface area contributed by atoms with E-state index in [2.05, 4.69) is 0 Å². The lowest BCUT2D eigenvalue weighted by atomic mass is 10.4. The molecule has 6 heteroatoms. The molecule has 0 bridgehead atoms. The van der Waals surface area contributed by atoms with E-state index >= 15 is 0 Å². The first-order chi connectivity index (χ1) is 7.97. The van der Waals surface area contributed by atoms with Crippen molar-refractivity contribution in [2.24, 2.45) is 0 Å². The zero-order chi connectivity index (χ0) is 12.9. The summed E-state index contributed by atoms with van der Waals surface area (Å²) in [4.78, 5) is 11.3.